The lowest BCUT2D eigenvalue weighted by molar-refractivity contribution is -0.127. The average molecular weight is 456 g/mol. The Morgan fingerprint density at radius 1 is 1.16 bits per heavy atom. The van der Waals surface area contributed by atoms with E-state index in [4.69, 9.17) is 4.74 Å². The van der Waals surface area contributed by atoms with Crippen LogP contribution < -0.4 is 15.0 Å². The van der Waals surface area contributed by atoms with Crippen LogP contribution in [0.1, 0.15) is 18.4 Å². The van der Waals surface area contributed by atoms with Gasteiger partial charge in [0.2, 0.25) is 5.91 Å². The fraction of sp³-hybridized carbons (Fsp3) is 0.261. The summed E-state index contributed by atoms with van der Waals surface area (Å²) in [5.41, 5.74) is 1.55. The van der Waals surface area contributed by atoms with Gasteiger partial charge in [0.25, 0.3) is 11.1 Å². The third-order valence-electron chi connectivity index (χ3n) is 5.27. The minimum atomic E-state index is -0.575. The molecule has 32 heavy (non-hydrogen) atoms. The zero-order chi connectivity index (χ0) is 22.7. The molecule has 4 rings (SSSR count). The molecule has 2 aliphatic rings. The van der Waals surface area contributed by atoms with Crippen molar-refractivity contribution in [2.45, 2.75) is 12.8 Å². The Kier molecular flexibility index (Phi) is 6.45. The normalized spacial score (nSPS) is 17.4. The Hall–Kier alpha value is -3.33. The van der Waals surface area contributed by atoms with E-state index in [2.05, 4.69) is 5.32 Å². The Morgan fingerprint density at radius 2 is 1.88 bits per heavy atom. The molecular weight excluding hydrogens is 433 g/mol. The molecule has 1 N–H and O–H groups in total. The number of amides is 3. The van der Waals surface area contributed by atoms with Crippen LogP contribution in [0.5, 0.6) is 5.75 Å². The summed E-state index contributed by atoms with van der Waals surface area (Å²) in [6.45, 7) is 1.25. The van der Waals surface area contributed by atoms with Crippen LogP contribution in [0.25, 0.3) is 6.08 Å². The summed E-state index contributed by atoms with van der Waals surface area (Å²) in [7, 11) is 1.54. The summed E-state index contributed by atoms with van der Waals surface area (Å²) in [5, 5.41) is 2.10. The van der Waals surface area contributed by atoms with E-state index in [1.54, 1.807) is 36.4 Å². The van der Waals surface area contributed by atoms with Crippen molar-refractivity contribution in [3.8, 4) is 5.75 Å². The van der Waals surface area contributed by atoms with Gasteiger partial charge < -0.3 is 15.0 Å². The highest BCUT2D eigenvalue weighted by atomic mass is 32.2. The van der Waals surface area contributed by atoms with Crippen molar-refractivity contribution < 1.29 is 23.5 Å². The Morgan fingerprint density at radius 3 is 2.53 bits per heavy atom. The maximum absolute atomic E-state index is 14.6. The minimum absolute atomic E-state index is 0.153. The first kappa shape index (κ1) is 21.9. The highest BCUT2D eigenvalue weighted by Crippen LogP contribution is 2.33. The first-order chi connectivity index (χ1) is 15.4. The smallest absolute Gasteiger partial charge is 0.294 e. The number of halogens is 1. The number of benzene rings is 2. The van der Waals surface area contributed by atoms with Crippen LogP contribution in [0.4, 0.5) is 20.6 Å². The molecule has 2 heterocycles. The summed E-state index contributed by atoms with van der Waals surface area (Å²) in [5.74, 6) is -0.795. The highest BCUT2D eigenvalue weighted by Gasteiger charge is 2.36. The number of hydrogen-bond acceptors (Lipinski definition) is 6. The number of imide groups is 1. The molecule has 0 atom stereocenters. The SMILES string of the molecule is COc1ccc(NC(=O)CN2C(=O)S/C(=C\c3ccc(N4CCCC4)c(F)c3)C2=O)cc1. The molecule has 7 nitrogen and oxygen atoms in total. The van der Waals surface area contributed by atoms with Gasteiger partial charge in [-0.1, -0.05) is 6.07 Å². The maximum Gasteiger partial charge on any atom is 0.294 e. The van der Waals surface area contributed by atoms with E-state index < -0.39 is 23.6 Å². The second kappa shape index (κ2) is 9.44. The van der Waals surface area contributed by atoms with Crippen molar-refractivity contribution in [2.75, 3.05) is 37.0 Å². The molecule has 3 amide bonds. The molecule has 2 aromatic rings. The molecule has 0 aromatic heterocycles. The van der Waals surface area contributed by atoms with Gasteiger partial charge >= 0.3 is 0 Å². The fourth-order valence-electron chi connectivity index (χ4n) is 3.63. The van der Waals surface area contributed by atoms with E-state index in [0.717, 1.165) is 42.6 Å². The summed E-state index contributed by atoms with van der Waals surface area (Å²) < 4.78 is 19.6. The number of carbonyl (C=O) groups excluding carboxylic acids is 3. The Bertz CT molecular complexity index is 1080. The van der Waals surface area contributed by atoms with Crippen LogP contribution >= 0.6 is 11.8 Å². The number of ether oxygens (including phenoxy) is 1. The number of thioether (sulfide) groups is 1. The van der Waals surface area contributed by atoms with Crippen LogP contribution in [-0.2, 0) is 9.59 Å². The molecule has 9 heteroatoms. The second-order valence-electron chi connectivity index (χ2n) is 7.45. The van der Waals surface area contributed by atoms with E-state index in [-0.39, 0.29) is 10.7 Å². The number of nitrogens with zero attached hydrogens (tertiary/aromatic N) is 2. The predicted molar refractivity (Wildman–Crippen MR) is 122 cm³/mol. The van der Waals surface area contributed by atoms with E-state index in [1.807, 2.05) is 4.90 Å². The quantitative estimate of drug-likeness (QED) is 0.661. The maximum atomic E-state index is 14.6. The average Bonchev–Trinajstić information content (AvgIpc) is 3.39. The predicted octanol–water partition coefficient (Wildman–Crippen LogP) is 4.11. The number of rotatable bonds is 6. The summed E-state index contributed by atoms with van der Waals surface area (Å²) in [6, 6.07) is 11.5. The summed E-state index contributed by atoms with van der Waals surface area (Å²) in [4.78, 5) is 40.3. The molecule has 0 aliphatic carbocycles. The van der Waals surface area contributed by atoms with Gasteiger partial charge in [-0.25, -0.2) is 4.39 Å². The summed E-state index contributed by atoms with van der Waals surface area (Å²) >= 11 is 0.734. The van der Waals surface area contributed by atoms with Crippen molar-refractivity contribution in [2.24, 2.45) is 0 Å². The van der Waals surface area contributed by atoms with Gasteiger partial charge in [-0.2, -0.15) is 0 Å². The van der Waals surface area contributed by atoms with Gasteiger partial charge in [0.1, 0.15) is 18.1 Å². The van der Waals surface area contributed by atoms with Gasteiger partial charge in [0.15, 0.2) is 0 Å². The van der Waals surface area contributed by atoms with Crippen molar-refractivity contribution in [1.29, 1.82) is 0 Å². The minimum Gasteiger partial charge on any atom is -0.497 e. The van der Waals surface area contributed by atoms with Crippen molar-refractivity contribution >= 4 is 46.3 Å². The summed E-state index contributed by atoms with van der Waals surface area (Å²) in [6.07, 6.45) is 3.56. The van der Waals surface area contributed by atoms with Crippen molar-refractivity contribution in [3.05, 3.63) is 58.8 Å². The second-order valence-corrected chi connectivity index (χ2v) is 8.44. The molecule has 0 radical (unpaired) electrons. The first-order valence-electron chi connectivity index (χ1n) is 10.2. The van der Waals surface area contributed by atoms with Gasteiger partial charge in [0.05, 0.1) is 17.7 Å². The number of anilines is 2. The number of methoxy groups -OCH3 is 1. The van der Waals surface area contributed by atoms with Gasteiger partial charge in [0, 0.05) is 18.8 Å². The van der Waals surface area contributed by atoms with Crippen LogP contribution in [0, 0.1) is 5.82 Å². The van der Waals surface area contributed by atoms with Crippen LogP contribution in [0.3, 0.4) is 0 Å². The third kappa shape index (κ3) is 4.77. The zero-order valence-corrected chi connectivity index (χ0v) is 18.3. The van der Waals surface area contributed by atoms with E-state index >= 15 is 0 Å². The molecule has 0 unspecified atom stereocenters. The molecule has 2 aliphatic heterocycles. The Balaban J connectivity index is 1.42. The molecule has 0 bridgehead atoms. The van der Waals surface area contributed by atoms with Crippen molar-refractivity contribution in [1.82, 2.24) is 4.90 Å². The largest absolute Gasteiger partial charge is 0.497 e. The highest BCUT2D eigenvalue weighted by molar-refractivity contribution is 8.18. The Labute approximate surface area is 189 Å². The van der Waals surface area contributed by atoms with Crippen LogP contribution in [0.15, 0.2) is 47.4 Å². The third-order valence-corrected chi connectivity index (χ3v) is 6.17. The van der Waals surface area contributed by atoms with Crippen LogP contribution in [-0.4, -0.2) is 48.7 Å². The van der Waals surface area contributed by atoms with Gasteiger partial charge in [-0.3, -0.25) is 19.3 Å². The number of carbonyl (C=O) groups is 3. The lowest BCUT2D eigenvalue weighted by Crippen LogP contribution is -2.36. The molecule has 2 fully saturated rings. The first-order valence-corrected chi connectivity index (χ1v) is 11.0. The molecular formula is C23H22FN3O4S. The van der Waals surface area contributed by atoms with E-state index in [9.17, 15) is 18.8 Å². The molecule has 2 saturated heterocycles. The van der Waals surface area contributed by atoms with E-state index in [0.29, 0.717) is 22.7 Å². The molecule has 0 saturated carbocycles. The van der Waals surface area contributed by atoms with Gasteiger partial charge in [-0.05, 0) is 72.6 Å². The lowest BCUT2D eigenvalue weighted by Gasteiger charge is -2.18. The van der Waals surface area contributed by atoms with Gasteiger partial charge in [-0.15, -0.1) is 0 Å². The van der Waals surface area contributed by atoms with Crippen LogP contribution in [0.2, 0.25) is 0 Å². The number of nitrogens with one attached hydrogen (secondary N) is 1. The molecule has 2 aromatic carbocycles. The fourth-order valence-corrected chi connectivity index (χ4v) is 4.47. The topological polar surface area (TPSA) is 79.0 Å². The lowest BCUT2D eigenvalue weighted by atomic mass is 10.1. The van der Waals surface area contributed by atoms with E-state index in [1.165, 1.54) is 19.3 Å². The number of hydrogen-bond donors (Lipinski definition) is 1. The molecule has 0 spiro atoms. The zero-order valence-electron chi connectivity index (χ0n) is 17.5. The molecule has 166 valence electrons. The monoisotopic (exact) mass is 455 g/mol. The van der Waals surface area contributed by atoms with Crippen molar-refractivity contribution in [3.63, 3.8) is 0 Å². The standard InChI is InChI=1S/C23H22FN3O4S/c1-31-17-7-5-16(6-8-17)25-21(28)14-27-22(29)20(32-23(27)30)13-15-4-9-19(18(24)12-15)26-10-2-3-11-26/h4-9,12-13H,2-3,10-11,14H2,1H3,(H,25,28)/b20-13-.